The maximum absolute atomic E-state index is 11.7. The molecule has 86 valence electrons. The number of amides is 1. The number of hydrogen-bond acceptors (Lipinski definition) is 4. The number of rotatable bonds is 4. The molecule has 1 aromatic heterocycles. The molecule has 0 aliphatic heterocycles. The summed E-state index contributed by atoms with van der Waals surface area (Å²) in [4.78, 5) is 15.8. The van der Waals surface area contributed by atoms with Crippen molar-refractivity contribution < 1.29 is 4.79 Å². The first kappa shape index (κ1) is 11.3. The third-order valence-electron chi connectivity index (χ3n) is 2.35. The van der Waals surface area contributed by atoms with Crippen LogP contribution in [0.4, 0.5) is 5.69 Å². The van der Waals surface area contributed by atoms with Gasteiger partial charge in [0.15, 0.2) is 0 Å². The van der Waals surface area contributed by atoms with Gasteiger partial charge in [0.25, 0.3) is 0 Å². The molecule has 16 heavy (non-hydrogen) atoms. The number of carbonyl (C=O) groups excluding carboxylic acids is 1. The Labute approximate surface area is 99.0 Å². The SMILES string of the molecule is CC(Sc1ccc(N)cn1)C(=O)NC1CC1. The summed E-state index contributed by atoms with van der Waals surface area (Å²) < 4.78 is 0. The predicted octanol–water partition coefficient (Wildman–Crippen LogP) is 1.42. The third-order valence-corrected chi connectivity index (χ3v) is 3.40. The fraction of sp³-hybridized carbons (Fsp3) is 0.455. The normalized spacial score (nSPS) is 16.8. The number of thioether (sulfide) groups is 1. The second kappa shape index (κ2) is 4.74. The van der Waals surface area contributed by atoms with E-state index in [9.17, 15) is 4.79 Å². The zero-order valence-corrected chi connectivity index (χ0v) is 9.96. The number of nitrogen functional groups attached to an aromatic ring is 1. The van der Waals surface area contributed by atoms with Crippen LogP contribution >= 0.6 is 11.8 Å². The fourth-order valence-electron chi connectivity index (χ4n) is 1.24. The van der Waals surface area contributed by atoms with Crippen molar-refractivity contribution in [3.05, 3.63) is 18.3 Å². The van der Waals surface area contributed by atoms with E-state index in [-0.39, 0.29) is 11.2 Å². The first-order valence-corrected chi connectivity index (χ1v) is 6.21. The van der Waals surface area contributed by atoms with Gasteiger partial charge in [0.2, 0.25) is 5.91 Å². The second-order valence-corrected chi connectivity index (χ2v) is 5.33. The van der Waals surface area contributed by atoms with Crippen molar-refractivity contribution in [1.29, 1.82) is 0 Å². The molecule has 1 atom stereocenters. The number of carbonyl (C=O) groups is 1. The molecule has 1 aromatic rings. The van der Waals surface area contributed by atoms with Crippen LogP contribution in [0, 0.1) is 0 Å². The van der Waals surface area contributed by atoms with E-state index in [0.29, 0.717) is 11.7 Å². The van der Waals surface area contributed by atoms with Gasteiger partial charge in [-0.3, -0.25) is 4.79 Å². The van der Waals surface area contributed by atoms with Crippen LogP contribution < -0.4 is 11.1 Å². The first-order valence-electron chi connectivity index (χ1n) is 5.33. The van der Waals surface area contributed by atoms with Gasteiger partial charge < -0.3 is 11.1 Å². The van der Waals surface area contributed by atoms with Crippen molar-refractivity contribution in [2.45, 2.75) is 36.1 Å². The van der Waals surface area contributed by atoms with Crippen molar-refractivity contribution in [2.24, 2.45) is 0 Å². The highest BCUT2D eigenvalue weighted by molar-refractivity contribution is 8.00. The number of nitrogens with two attached hydrogens (primary N) is 1. The number of nitrogens with zero attached hydrogens (tertiary/aromatic N) is 1. The van der Waals surface area contributed by atoms with E-state index in [1.807, 2.05) is 13.0 Å². The average Bonchev–Trinajstić information content (AvgIpc) is 3.05. The highest BCUT2D eigenvalue weighted by Gasteiger charge is 2.26. The quantitative estimate of drug-likeness (QED) is 0.777. The molecular formula is C11H15N3OS. The van der Waals surface area contributed by atoms with E-state index in [0.717, 1.165) is 17.9 Å². The molecular weight excluding hydrogens is 222 g/mol. The van der Waals surface area contributed by atoms with E-state index < -0.39 is 0 Å². The zero-order valence-electron chi connectivity index (χ0n) is 9.14. The van der Waals surface area contributed by atoms with Crippen LogP contribution in [0.15, 0.2) is 23.4 Å². The van der Waals surface area contributed by atoms with Gasteiger partial charge in [-0.15, -0.1) is 0 Å². The van der Waals surface area contributed by atoms with Gasteiger partial charge in [-0.1, -0.05) is 11.8 Å². The molecule has 1 unspecified atom stereocenters. The van der Waals surface area contributed by atoms with Crippen LogP contribution in [-0.4, -0.2) is 22.2 Å². The van der Waals surface area contributed by atoms with E-state index in [1.54, 1.807) is 12.3 Å². The smallest absolute Gasteiger partial charge is 0.233 e. The van der Waals surface area contributed by atoms with Crippen molar-refractivity contribution in [3.8, 4) is 0 Å². The molecule has 1 aliphatic carbocycles. The summed E-state index contributed by atoms with van der Waals surface area (Å²) in [6.45, 7) is 1.89. The molecule has 0 radical (unpaired) electrons. The van der Waals surface area contributed by atoms with Gasteiger partial charge in [0.05, 0.1) is 22.2 Å². The summed E-state index contributed by atoms with van der Waals surface area (Å²) in [5, 5.41) is 3.69. The van der Waals surface area contributed by atoms with Crippen molar-refractivity contribution in [1.82, 2.24) is 10.3 Å². The molecule has 1 saturated carbocycles. The van der Waals surface area contributed by atoms with Crippen LogP contribution in [0.25, 0.3) is 0 Å². The Morgan fingerprint density at radius 3 is 2.94 bits per heavy atom. The van der Waals surface area contributed by atoms with Gasteiger partial charge in [0, 0.05) is 6.04 Å². The molecule has 2 rings (SSSR count). The topological polar surface area (TPSA) is 68.0 Å². The minimum Gasteiger partial charge on any atom is -0.397 e. The van der Waals surface area contributed by atoms with E-state index in [1.165, 1.54) is 11.8 Å². The molecule has 1 aliphatic rings. The Morgan fingerprint density at radius 1 is 1.62 bits per heavy atom. The maximum Gasteiger partial charge on any atom is 0.233 e. The number of anilines is 1. The Hall–Kier alpha value is -1.23. The van der Waals surface area contributed by atoms with E-state index in [4.69, 9.17) is 5.73 Å². The van der Waals surface area contributed by atoms with Crippen molar-refractivity contribution in [2.75, 3.05) is 5.73 Å². The summed E-state index contributed by atoms with van der Waals surface area (Å²) in [5.74, 6) is 0.0890. The van der Waals surface area contributed by atoms with Gasteiger partial charge in [-0.2, -0.15) is 0 Å². The lowest BCUT2D eigenvalue weighted by molar-refractivity contribution is -0.120. The standard InChI is InChI=1S/C11H15N3OS/c1-7(11(15)14-9-3-4-9)16-10-5-2-8(12)6-13-10/h2,5-7,9H,3-4,12H2,1H3,(H,14,15). The number of pyridine rings is 1. The lowest BCUT2D eigenvalue weighted by Crippen LogP contribution is -2.32. The van der Waals surface area contributed by atoms with E-state index >= 15 is 0 Å². The molecule has 4 nitrogen and oxygen atoms in total. The number of hydrogen-bond donors (Lipinski definition) is 2. The number of aromatic nitrogens is 1. The van der Waals surface area contributed by atoms with E-state index in [2.05, 4.69) is 10.3 Å². The second-order valence-electron chi connectivity index (χ2n) is 3.97. The van der Waals surface area contributed by atoms with Crippen LogP contribution in [-0.2, 0) is 4.79 Å². The lowest BCUT2D eigenvalue weighted by atomic mass is 10.4. The molecule has 0 bridgehead atoms. The van der Waals surface area contributed by atoms with Gasteiger partial charge in [-0.25, -0.2) is 4.98 Å². The molecule has 5 heteroatoms. The predicted molar refractivity (Wildman–Crippen MR) is 65.1 cm³/mol. The molecule has 1 heterocycles. The lowest BCUT2D eigenvalue weighted by Gasteiger charge is -2.10. The van der Waals surface area contributed by atoms with Crippen LogP contribution in [0.5, 0.6) is 0 Å². The van der Waals surface area contributed by atoms with Crippen LogP contribution in [0.1, 0.15) is 19.8 Å². The minimum atomic E-state index is -0.114. The van der Waals surface area contributed by atoms with Gasteiger partial charge >= 0.3 is 0 Å². The minimum absolute atomic E-state index is 0.0890. The van der Waals surface area contributed by atoms with Gasteiger partial charge in [0.1, 0.15) is 0 Å². The molecule has 0 spiro atoms. The average molecular weight is 237 g/mol. The van der Waals surface area contributed by atoms with Crippen LogP contribution in [0.3, 0.4) is 0 Å². The number of nitrogens with one attached hydrogen (secondary N) is 1. The fourth-order valence-corrected chi connectivity index (χ4v) is 2.04. The Kier molecular flexibility index (Phi) is 3.33. The summed E-state index contributed by atoms with van der Waals surface area (Å²) in [6.07, 6.45) is 3.83. The van der Waals surface area contributed by atoms with Crippen molar-refractivity contribution in [3.63, 3.8) is 0 Å². The van der Waals surface area contributed by atoms with Crippen molar-refractivity contribution >= 4 is 23.4 Å². The van der Waals surface area contributed by atoms with Crippen LogP contribution in [0.2, 0.25) is 0 Å². The Bertz CT molecular complexity index is 375. The summed E-state index contributed by atoms with van der Waals surface area (Å²) >= 11 is 1.45. The Morgan fingerprint density at radius 2 is 2.38 bits per heavy atom. The molecule has 0 saturated heterocycles. The molecule has 1 fully saturated rings. The Balaban J connectivity index is 1.87. The molecule has 1 amide bonds. The summed E-state index contributed by atoms with van der Waals surface area (Å²) in [5.41, 5.74) is 6.18. The highest BCUT2D eigenvalue weighted by atomic mass is 32.2. The summed E-state index contributed by atoms with van der Waals surface area (Å²) in [6, 6.07) is 4.04. The third kappa shape index (κ3) is 3.13. The van der Waals surface area contributed by atoms with Gasteiger partial charge in [-0.05, 0) is 31.9 Å². The zero-order chi connectivity index (χ0) is 11.5. The summed E-state index contributed by atoms with van der Waals surface area (Å²) in [7, 11) is 0. The highest BCUT2D eigenvalue weighted by Crippen LogP contribution is 2.24. The first-order chi connectivity index (χ1) is 7.65. The monoisotopic (exact) mass is 237 g/mol. The maximum atomic E-state index is 11.7. The largest absolute Gasteiger partial charge is 0.397 e. The molecule has 0 aromatic carbocycles. The molecule has 3 N–H and O–H groups in total.